The summed E-state index contributed by atoms with van der Waals surface area (Å²) >= 11 is 0. The SMILES string of the molecule is c1ccc(-c2nc(-c3ccccc3)nc(-c3cccc(-c4cccc5oc6c(-c7ccc8c(c7)oc7ccccc78)cc(-c7ccc8oc9ccccc9c8c7)cc6c45)c3)n2)cc1. The molecular weight excluding hydrogens is 775 g/mol. The van der Waals surface area contributed by atoms with Crippen LogP contribution >= 0.6 is 0 Å². The van der Waals surface area contributed by atoms with Gasteiger partial charge in [-0.15, -0.1) is 0 Å². The minimum atomic E-state index is 0.599. The Hall–Kier alpha value is -8.61. The fraction of sp³-hybridized carbons (Fsp3) is 0. The second-order valence-corrected chi connectivity index (χ2v) is 15.9. The summed E-state index contributed by atoms with van der Waals surface area (Å²) in [5, 5.41) is 6.38. The second kappa shape index (κ2) is 14.0. The van der Waals surface area contributed by atoms with Crippen LogP contribution in [0, 0.1) is 0 Å². The van der Waals surface area contributed by atoms with E-state index in [2.05, 4.69) is 109 Å². The molecule has 0 aliphatic carbocycles. The van der Waals surface area contributed by atoms with Crippen molar-refractivity contribution in [1.29, 1.82) is 0 Å². The standard InChI is InChI=1S/C57H33N3O3/c1-3-13-34(14-4-1)55-58-56(35-15-5-2-6-16-35)60-57(59-55)39-18-11-17-37(29-39)41-21-12-24-51-53(41)47-32-40(36-26-28-50-46(30-36)43-20-8-10-23-49(43)61-50)31-45(54(47)63-51)38-25-27-44-42-19-7-9-22-48(42)62-52(44)33-38/h1-33H. The summed E-state index contributed by atoms with van der Waals surface area (Å²) in [6.45, 7) is 0. The zero-order chi connectivity index (χ0) is 41.4. The summed E-state index contributed by atoms with van der Waals surface area (Å²) < 4.78 is 19.6. The Bertz CT molecular complexity index is 3860. The average molecular weight is 808 g/mol. The van der Waals surface area contributed by atoms with E-state index in [-0.39, 0.29) is 0 Å². The van der Waals surface area contributed by atoms with Gasteiger partial charge in [0.2, 0.25) is 0 Å². The highest BCUT2D eigenvalue weighted by molar-refractivity contribution is 6.17. The number of para-hydroxylation sites is 2. The van der Waals surface area contributed by atoms with Gasteiger partial charge >= 0.3 is 0 Å². The molecular formula is C57H33N3O3. The van der Waals surface area contributed by atoms with E-state index in [0.29, 0.717) is 17.5 Å². The molecule has 0 atom stereocenters. The van der Waals surface area contributed by atoms with Crippen molar-refractivity contribution in [1.82, 2.24) is 15.0 Å². The van der Waals surface area contributed by atoms with Crippen LogP contribution < -0.4 is 0 Å². The van der Waals surface area contributed by atoms with Crippen molar-refractivity contribution >= 4 is 65.8 Å². The summed E-state index contributed by atoms with van der Waals surface area (Å²) in [5.74, 6) is 1.84. The normalized spacial score (nSPS) is 11.8. The molecule has 0 saturated carbocycles. The quantitative estimate of drug-likeness (QED) is 0.166. The first-order valence-electron chi connectivity index (χ1n) is 21.0. The molecule has 0 amide bonds. The number of benzene rings is 9. The molecule has 13 aromatic rings. The molecule has 13 rings (SSSR count). The van der Waals surface area contributed by atoms with Crippen LogP contribution in [-0.2, 0) is 0 Å². The number of nitrogens with zero attached hydrogens (tertiary/aromatic N) is 3. The number of hydrogen-bond donors (Lipinski definition) is 0. The van der Waals surface area contributed by atoms with Crippen LogP contribution in [0.4, 0.5) is 0 Å². The van der Waals surface area contributed by atoms with Gasteiger partial charge in [0, 0.05) is 54.6 Å². The lowest BCUT2D eigenvalue weighted by molar-refractivity contribution is 0.668. The molecule has 0 spiro atoms. The van der Waals surface area contributed by atoms with E-state index in [1.165, 1.54) is 0 Å². The maximum atomic E-state index is 6.94. The largest absolute Gasteiger partial charge is 0.456 e. The molecule has 9 aromatic carbocycles. The number of hydrogen-bond acceptors (Lipinski definition) is 6. The first-order valence-corrected chi connectivity index (χ1v) is 21.0. The smallest absolute Gasteiger partial charge is 0.164 e. The van der Waals surface area contributed by atoms with E-state index in [0.717, 1.165) is 116 Å². The highest BCUT2D eigenvalue weighted by atomic mass is 16.3. The van der Waals surface area contributed by atoms with Crippen LogP contribution in [0.25, 0.3) is 133 Å². The van der Waals surface area contributed by atoms with Crippen molar-refractivity contribution in [3.63, 3.8) is 0 Å². The fourth-order valence-corrected chi connectivity index (χ4v) is 9.11. The molecule has 0 N–H and O–H groups in total. The van der Waals surface area contributed by atoms with Crippen molar-refractivity contribution in [2.24, 2.45) is 0 Å². The van der Waals surface area contributed by atoms with Gasteiger partial charge in [0.15, 0.2) is 17.5 Å². The molecule has 4 aromatic heterocycles. The first kappa shape index (κ1) is 35.2. The van der Waals surface area contributed by atoms with Crippen molar-refractivity contribution in [2.45, 2.75) is 0 Å². The Kier molecular flexibility index (Phi) is 7.80. The molecule has 0 fully saturated rings. The van der Waals surface area contributed by atoms with Crippen molar-refractivity contribution in [2.75, 3.05) is 0 Å². The van der Waals surface area contributed by atoms with E-state index >= 15 is 0 Å². The number of rotatable bonds is 6. The molecule has 0 aliphatic heterocycles. The van der Waals surface area contributed by atoms with Gasteiger partial charge in [-0.2, -0.15) is 0 Å². The van der Waals surface area contributed by atoms with Crippen molar-refractivity contribution in [3.8, 4) is 67.5 Å². The van der Waals surface area contributed by atoms with Crippen LogP contribution in [-0.4, -0.2) is 15.0 Å². The van der Waals surface area contributed by atoms with Gasteiger partial charge in [0.05, 0.1) is 0 Å². The van der Waals surface area contributed by atoms with Crippen LogP contribution in [0.1, 0.15) is 0 Å². The molecule has 0 radical (unpaired) electrons. The maximum Gasteiger partial charge on any atom is 0.164 e. The van der Waals surface area contributed by atoms with Crippen LogP contribution in [0.5, 0.6) is 0 Å². The molecule has 0 bridgehead atoms. The zero-order valence-electron chi connectivity index (χ0n) is 33.6. The van der Waals surface area contributed by atoms with Gasteiger partial charge in [0.1, 0.15) is 33.5 Å². The minimum Gasteiger partial charge on any atom is -0.456 e. The Morgan fingerprint density at radius 3 is 1.52 bits per heavy atom. The van der Waals surface area contributed by atoms with Crippen LogP contribution in [0.3, 0.4) is 0 Å². The van der Waals surface area contributed by atoms with Gasteiger partial charge in [-0.25, -0.2) is 15.0 Å². The predicted molar refractivity (Wildman–Crippen MR) is 254 cm³/mol. The molecule has 63 heavy (non-hydrogen) atoms. The van der Waals surface area contributed by atoms with Crippen molar-refractivity contribution < 1.29 is 13.3 Å². The summed E-state index contributed by atoms with van der Waals surface area (Å²) in [6, 6.07) is 68.7. The van der Waals surface area contributed by atoms with Crippen molar-refractivity contribution in [3.05, 3.63) is 200 Å². The van der Waals surface area contributed by atoms with Gasteiger partial charge in [-0.3, -0.25) is 0 Å². The van der Waals surface area contributed by atoms with E-state index in [9.17, 15) is 0 Å². The summed E-state index contributed by atoms with van der Waals surface area (Å²) in [4.78, 5) is 15.0. The summed E-state index contributed by atoms with van der Waals surface area (Å²) in [7, 11) is 0. The number of aromatic nitrogens is 3. The fourth-order valence-electron chi connectivity index (χ4n) is 9.11. The highest BCUT2D eigenvalue weighted by Gasteiger charge is 2.21. The van der Waals surface area contributed by atoms with Gasteiger partial charge in [0.25, 0.3) is 0 Å². The third-order valence-electron chi connectivity index (χ3n) is 12.1. The summed E-state index contributed by atoms with van der Waals surface area (Å²) in [6.07, 6.45) is 0. The first-order chi connectivity index (χ1) is 31.2. The predicted octanol–water partition coefficient (Wildman–Crippen LogP) is 15.6. The monoisotopic (exact) mass is 807 g/mol. The third kappa shape index (κ3) is 5.84. The molecule has 0 saturated heterocycles. The molecule has 0 aliphatic rings. The lowest BCUT2D eigenvalue weighted by Gasteiger charge is -2.11. The molecule has 0 unspecified atom stereocenters. The molecule has 4 heterocycles. The topological polar surface area (TPSA) is 78.1 Å². The second-order valence-electron chi connectivity index (χ2n) is 15.9. The molecule has 6 nitrogen and oxygen atoms in total. The Morgan fingerprint density at radius 2 is 0.778 bits per heavy atom. The lowest BCUT2D eigenvalue weighted by Crippen LogP contribution is -2.00. The minimum absolute atomic E-state index is 0.599. The molecule has 294 valence electrons. The van der Waals surface area contributed by atoms with E-state index in [1.54, 1.807) is 0 Å². The van der Waals surface area contributed by atoms with Gasteiger partial charge < -0.3 is 13.3 Å². The average Bonchev–Trinajstić information content (AvgIpc) is 4.05. The number of fused-ring (bicyclic) bond motifs is 9. The zero-order valence-corrected chi connectivity index (χ0v) is 33.6. The van der Waals surface area contributed by atoms with Crippen LogP contribution in [0.15, 0.2) is 213 Å². The van der Waals surface area contributed by atoms with E-state index in [1.807, 2.05) is 91.0 Å². The summed E-state index contributed by atoms with van der Waals surface area (Å²) in [5.41, 5.74) is 13.9. The lowest BCUT2D eigenvalue weighted by atomic mass is 9.92. The third-order valence-corrected chi connectivity index (χ3v) is 12.1. The molecule has 6 heteroatoms. The van der Waals surface area contributed by atoms with Gasteiger partial charge in [-0.05, 0) is 88.5 Å². The van der Waals surface area contributed by atoms with E-state index < -0.39 is 0 Å². The maximum absolute atomic E-state index is 6.94. The number of furan rings is 3. The Labute approximate surface area is 360 Å². The van der Waals surface area contributed by atoms with Crippen LogP contribution in [0.2, 0.25) is 0 Å². The highest BCUT2D eigenvalue weighted by Crippen LogP contribution is 2.45. The van der Waals surface area contributed by atoms with E-state index in [4.69, 9.17) is 28.2 Å². The Balaban J connectivity index is 1.02. The van der Waals surface area contributed by atoms with Gasteiger partial charge in [-0.1, -0.05) is 140 Å². The Morgan fingerprint density at radius 1 is 0.254 bits per heavy atom.